The first-order valence-electron chi connectivity index (χ1n) is 9.78. The quantitative estimate of drug-likeness (QED) is 0.244. The van der Waals surface area contributed by atoms with E-state index in [2.05, 4.69) is 0 Å². The minimum atomic E-state index is -0.446. The highest BCUT2D eigenvalue weighted by molar-refractivity contribution is 5.98. The molecular weight excluding hydrogens is 376 g/mol. The summed E-state index contributed by atoms with van der Waals surface area (Å²) in [5.74, 6) is -0.0470. The molecule has 0 radical (unpaired) electrons. The van der Waals surface area contributed by atoms with Crippen LogP contribution in [0.5, 0.6) is 5.75 Å². The van der Waals surface area contributed by atoms with Crippen LogP contribution in [-0.2, 0) is 0 Å². The zero-order valence-corrected chi connectivity index (χ0v) is 17.4. The number of carbonyl (C=O) groups excluding carboxylic acids is 1. The van der Waals surface area contributed by atoms with E-state index >= 15 is 0 Å². The fraction of sp³-hybridized carbons (Fsp3) is 0.154. The van der Waals surface area contributed by atoms with E-state index in [1.54, 1.807) is 13.0 Å². The molecule has 150 valence electrons. The maximum absolute atomic E-state index is 12.9. The minimum absolute atomic E-state index is 0.375. The van der Waals surface area contributed by atoms with Gasteiger partial charge in [0.05, 0.1) is 5.56 Å². The maximum atomic E-state index is 12.9. The zero-order valence-electron chi connectivity index (χ0n) is 17.4. The predicted octanol–water partition coefficient (Wildman–Crippen LogP) is 5.91. The van der Waals surface area contributed by atoms with Crippen molar-refractivity contribution < 1.29 is 13.9 Å². The molecular formula is C26H22O4. The summed E-state index contributed by atoms with van der Waals surface area (Å²) in [6.07, 6.45) is 0. The molecule has 30 heavy (non-hydrogen) atoms. The van der Waals surface area contributed by atoms with E-state index in [9.17, 15) is 9.59 Å². The first kappa shape index (κ1) is 19.6. The van der Waals surface area contributed by atoms with E-state index in [0.717, 1.165) is 33.2 Å². The number of esters is 1. The van der Waals surface area contributed by atoms with Gasteiger partial charge in [0.25, 0.3) is 0 Å². The molecule has 0 aliphatic carbocycles. The van der Waals surface area contributed by atoms with Gasteiger partial charge in [0.15, 0.2) is 0 Å². The monoisotopic (exact) mass is 398 g/mol. The molecule has 0 saturated carbocycles. The molecule has 4 rings (SSSR count). The highest BCUT2D eigenvalue weighted by Gasteiger charge is 2.19. The molecule has 0 fully saturated rings. The molecule has 0 unspecified atom stereocenters. The van der Waals surface area contributed by atoms with Crippen LogP contribution < -0.4 is 10.4 Å². The molecule has 0 saturated heterocycles. The van der Waals surface area contributed by atoms with Gasteiger partial charge in [0.1, 0.15) is 11.3 Å². The van der Waals surface area contributed by atoms with Crippen molar-refractivity contribution in [1.82, 2.24) is 0 Å². The first-order chi connectivity index (χ1) is 14.3. The molecule has 4 aromatic rings. The highest BCUT2D eigenvalue weighted by Crippen LogP contribution is 2.33. The number of hydrogen-bond acceptors (Lipinski definition) is 4. The summed E-state index contributed by atoms with van der Waals surface area (Å²) in [7, 11) is 0. The molecule has 0 amide bonds. The van der Waals surface area contributed by atoms with Crippen molar-refractivity contribution in [1.29, 1.82) is 0 Å². The third kappa shape index (κ3) is 3.52. The molecule has 1 heterocycles. The molecule has 0 spiro atoms. The Labute approximate surface area is 174 Å². The summed E-state index contributed by atoms with van der Waals surface area (Å²) in [5, 5.41) is 0.792. The van der Waals surface area contributed by atoms with Crippen LogP contribution in [0.15, 0.2) is 69.9 Å². The lowest BCUT2D eigenvalue weighted by Crippen LogP contribution is -2.13. The Balaban J connectivity index is 1.80. The van der Waals surface area contributed by atoms with Gasteiger partial charge in [-0.2, -0.15) is 0 Å². The lowest BCUT2D eigenvalue weighted by Gasteiger charge is -2.14. The van der Waals surface area contributed by atoms with Crippen molar-refractivity contribution in [3.8, 4) is 16.9 Å². The third-order valence-electron chi connectivity index (χ3n) is 5.28. The second-order valence-corrected chi connectivity index (χ2v) is 7.57. The zero-order chi connectivity index (χ0) is 21.4. The van der Waals surface area contributed by atoms with Gasteiger partial charge in [-0.3, -0.25) is 0 Å². The fourth-order valence-corrected chi connectivity index (χ4v) is 3.96. The summed E-state index contributed by atoms with van der Waals surface area (Å²) in [6, 6.07) is 18.6. The lowest BCUT2D eigenvalue weighted by molar-refractivity contribution is 0.0732. The second kappa shape index (κ2) is 7.64. The molecule has 4 heteroatoms. The van der Waals surface area contributed by atoms with Gasteiger partial charge >= 0.3 is 11.6 Å². The Morgan fingerprint density at radius 3 is 2.20 bits per heavy atom. The largest absolute Gasteiger partial charge is 0.422 e. The molecule has 0 aliphatic heterocycles. The van der Waals surface area contributed by atoms with Gasteiger partial charge in [-0.15, -0.1) is 0 Å². The van der Waals surface area contributed by atoms with Crippen LogP contribution in [0.3, 0.4) is 0 Å². The summed E-state index contributed by atoms with van der Waals surface area (Å²) >= 11 is 0. The Morgan fingerprint density at radius 2 is 1.53 bits per heavy atom. The van der Waals surface area contributed by atoms with Gasteiger partial charge in [-0.25, -0.2) is 9.59 Å². The van der Waals surface area contributed by atoms with Crippen LogP contribution in [-0.4, -0.2) is 5.97 Å². The Bertz CT molecular complexity index is 1310. The van der Waals surface area contributed by atoms with E-state index in [-0.39, 0.29) is 0 Å². The topological polar surface area (TPSA) is 56.5 Å². The van der Waals surface area contributed by atoms with Crippen LogP contribution in [0.1, 0.15) is 32.6 Å². The minimum Gasteiger partial charge on any atom is -0.422 e. The SMILES string of the molecule is Cc1cc(C)c(C(=O)Oc2ccc3c(-c4ccccc4)cc(=O)oc3c2C)c(C)c1. The number of carbonyl (C=O) groups is 1. The maximum Gasteiger partial charge on any atom is 0.344 e. The van der Waals surface area contributed by atoms with Crippen molar-refractivity contribution in [2.45, 2.75) is 27.7 Å². The smallest absolute Gasteiger partial charge is 0.344 e. The van der Waals surface area contributed by atoms with Gasteiger partial charge in [-0.05, 0) is 62.1 Å². The summed E-state index contributed by atoms with van der Waals surface area (Å²) in [4.78, 5) is 25.1. The van der Waals surface area contributed by atoms with Crippen LogP contribution in [0.2, 0.25) is 0 Å². The number of rotatable bonds is 3. The Morgan fingerprint density at radius 1 is 0.867 bits per heavy atom. The molecule has 4 nitrogen and oxygen atoms in total. The lowest BCUT2D eigenvalue weighted by atomic mass is 9.99. The van der Waals surface area contributed by atoms with Gasteiger partial charge in [-0.1, -0.05) is 48.0 Å². The first-order valence-corrected chi connectivity index (χ1v) is 9.78. The van der Waals surface area contributed by atoms with Gasteiger partial charge in [0.2, 0.25) is 0 Å². The molecule has 0 N–H and O–H groups in total. The van der Waals surface area contributed by atoms with E-state index < -0.39 is 11.6 Å². The number of aryl methyl sites for hydroxylation is 4. The number of fused-ring (bicyclic) bond motifs is 1. The van der Waals surface area contributed by atoms with Gasteiger partial charge < -0.3 is 9.15 Å². The normalized spacial score (nSPS) is 10.9. The molecule has 1 aromatic heterocycles. The summed E-state index contributed by atoms with van der Waals surface area (Å²) < 4.78 is 11.2. The van der Waals surface area contributed by atoms with E-state index in [1.165, 1.54) is 6.07 Å². The van der Waals surface area contributed by atoms with Gasteiger partial charge in [0, 0.05) is 17.0 Å². The van der Waals surface area contributed by atoms with E-state index in [0.29, 0.717) is 22.5 Å². The number of benzene rings is 3. The van der Waals surface area contributed by atoms with Crippen molar-refractivity contribution in [3.63, 3.8) is 0 Å². The molecule has 3 aromatic carbocycles. The van der Waals surface area contributed by atoms with Crippen molar-refractivity contribution in [2.75, 3.05) is 0 Å². The van der Waals surface area contributed by atoms with Crippen LogP contribution in [0, 0.1) is 27.7 Å². The van der Waals surface area contributed by atoms with Crippen molar-refractivity contribution >= 4 is 16.9 Å². The third-order valence-corrected chi connectivity index (χ3v) is 5.28. The molecule has 0 atom stereocenters. The Hall–Kier alpha value is -3.66. The summed E-state index contributed by atoms with van der Waals surface area (Å²) in [6.45, 7) is 7.58. The van der Waals surface area contributed by atoms with Crippen molar-refractivity contribution in [3.05, 3.63) is 98.9 Å². The number of ether oxygens (including phenoxy) is 1. The molecule has 0 aliphatic rings. The predicted molar refractivity (Wildman–Crippen MR) is 118 cm³/mol. The average molecular weight is 398 g/mol. The van der Waals surface area contributed by atoms with Crippen LogP contribution >= 0.6 is 0 Å². The van der Waals surface area contributed by atoms with E-state index in [1.807, 2.05) is 69.3 Å². The second-order valence-electron chi connectivity index (χ2n) is 7.57. The van der Waals surface area contributed by atoms with Crippen LogP contribution in [0.4, 0.5) is 0 Å². The molecule has 0 bridgehead atoms. The van der Waals surface area contributed by atoms with E-state index in [4.69, 9.17) is 9.15 Å². The number of hydrogen-bond donors (Lipinski definition) is 0. The average Bonchev–Trinajstić information content (AvgIpc) is 2.70. The Kier molecular flexibility index (Phi) is 5.00. The standard InChI is InChI=1S/C26H22O4/c1-15-12-16(2)24(17(3)13-15)26(28)29-22-11-10-20-21(19-8-6-5-7-9-19)14-23(27)30-25(20)18(22)4/h5-14H,1-4H3. The fourth-order valence-electron chi connectivity index (χ4n) is 3.96. The van der Waals surface area contributed by atoms with Crippen LogP contribution in [0.25, 0.3) is 22.1 Å². The van der Waals surface area contributed by atoms with Crippen molar-refractivity contribution in [2.24, 2.45) is 0 Å². The summed E-state index contributed by atoms with van der Waals surface area (Å²) in [5.41, 5.74) is 5.68. The highest BCUT2D eigenvalue weighted by atomic mass is 16.5.